The van der Waals surface area contributed by atoms with Gasteiger partial charge in [0, 0.05) is 54.7 Å². The predicted molar refractivity (Wildman–Crippen MR) is 201 cm³/mol. The minimum absolute atomic E-state index is 0.0911. The third-order valence-corrected chi connectivity index (χ3v) is 12.0. The van der Waals surface area contributed by atoms with Crippen molar-refractivity contribution in [3.05, 3.63) is 99.6 Å². The number of halogens is 2. The quantitative estimate of drug-likeness (QED) is 0.166. The molecule has 2 amide bonds. The van der Waals surface area contributed by atoms with Crippen LogP contribution in [-0.2, 0) is 27.3 Å². The zero-order chi connectivity index (χ0) is 36.2. The molecule has 52 heavy (non-hydrogen) atoms. The molecule has 0 radical (unpaired) electrons. The molecule has 3 aromatic carbocycles. The molecular weight excluding hydrogens is 703 g/mol. The number of anilines is 1. The van der Waals surface area contributed by atoms with E-state index in [0.29, 0.717) is 37.8 Å². The second-order valence-electron chi connectivity index (χ2n) is 14.1. The van der Waals surface area contributed by atoms with Gasteiger partial charge in [-0.05, 0) is 67.9 Å². The van der Waals surface area contributed by atoms with E-state index in [0.717, 1.165) is 55.7 Å². The van der Waals surface area contributed by atoms with Crippen LogP contribution in [0, 0.1) is 11.7 Å². The Hall–Kier alpha value is -3.87. The van der Waals surface area contributed by atoms with Crippen LogP contribution in [0.15, 0.2) is 72.1 Å². The predicted octanol–water partition coefficient (Wildman–Crippen LogP) is 7.28. The monoisotopic (exact) mass is 746 g/mol. The van der Waals surface area contributed by atoms with Crippen LogP contribution in [-0.4, -0.2) is 88.7 Å². The molecule has 7 rings (SSSR count). The van der Waals surface area contributed by atoms with Crippen molar-refractivity contribution < 1.29 is 28.6 Å². The Balaban J connectivity index is 1.04. The van der Waals surface area contributed by atoms with E-state index in [1.807, 2.05) is 35.2 Å². The van der Waals surface area contributed by atoms with Gasteiger partial charge in [0.25, 0.3) is 5.91 Å². The molecule has 3 fully saturated rings. The molecule has 12 heteroatoms. The summed E-state index contributed by atoms with van der Waals surface area (Å²) in [6.07, 6.45) is 3.43. The van der Waals surface area contributed by atoms with Gasteiger partial charge in [0.15, 0.2) is 0 Å². The SMILES string of the molecule is O=C(Nc1cc(F)c(CC(=O)N2CCC[C@H]2C(O[C@H]2CC[C@H](C(=O)O)CC2)N2CCN(Cc3ccccc3)CC2)cc1Cl)c1csc2ccccc12. The average molecular weight is 747 g/mol. The number of hydrogen-bond acceptors (Lipinski definition) is 7. The van der Waals surface area contributed by atoms with Gasteiger partial charge in [-0.25, -0.2) is 4.39 Å². The molecular formula is C40H44ClFN4O5S. The molecule has 2 atom stereocenters. The number of nitrogens with zero attached hydrogens (tertiary/aromatic N) is 3. The van der Waals surface area contributed by atoms with E-state index in [4.69, 9.17) is 16.3 Å². The Morgan fingerprint density at radius 3 is 2.42 bits per heavy atom. The van der Waals surface area contributed by atoms with Crippen LogP contribution in [0.5, 0.6) is 0 Å². The number of thiophene rings is 1. The number of likely N-dealkylation sites (tertiary alicyclic amines) is 1. The van der Waals surface area contributed by atoms with E-state index in [-0.39, 0.29) is 58.8 Å². The number of nitrogens with one attached hydrogen (secondary N) is 1. The first kappa shape index (κ1) is 36.5. The van der Waals surface area contributed by atoms with Gasteiger partial charge in [-0.3, -0.25) is 24.2 Å². The lowest BCUT2D eigenvalue weighted by atomic mass is 9.87. The number of carboxylic acid groups (broad SMARTS) is 1. The standard InChI is InChI=1S/C40H44ClFN4O5S/c41-32-21-28(33(42)23-34(32)43-38(48)31-25-52-36-11-5-4-9-30(31)36)22-37(47)46-16-6-10-35(46)39(51-29-14-12-27(13-15-29)40(49)50)45-19-17-44(18-20-45)24-26-7-2-1-3-8-26/h1-5,7-9,11,21,23,25,27,29,35,39H,6,10,12-20,22,24H2,(H,43,48)(H,49,50)/t27-,29-,35-,39?/m0/s1. The fraction of sp³-hybridized carbons (Fsp3) is 0.425. The van der Waals surface area contributed by atoms with Gasteiger partial charge in [0.05, 0.1) is 40.8 Å². The molecule has 3 aliphatic rings. The molecule has 1 aromatic heterocycles. The topological polar surface area (TPSA) is 102 Å². The molecule has 4 aromatic rings. The highest BCUT2D eigenvalue weighted by Crippen LogP contribution is 2.34. The molecule has 0 bridgehead atoms. The van der Waals surface area contributed by atoms with Crippen molar-refractivity contribution in [3.63, 3.8) is 0 Å². The molecule has 1 aliphatic carbocycles. The summed E-state index contributed by atoms with van der Waals surface area (Å²) >= 11 is 8.04. The molecule has 1 unspecified atom stereocenters. The van der Waals surface area contributed by atoms with Crippen molar-refractivity contribution in [2.24, 2.45) is 5.92 Å². The fourth-order valence-corrected chi connectivity index (χ4v) is 9.08. The number of rotatable bonds is 11. The number of amides is 2. The van der Waals surface area contributed by atoms with Crippen molar-refractivity contribution >= 4 is 56.5 Å². The lowest BCUT2D eigenvalue weighted by Gasteiger charge is -2.45. The first-order valence-electron chi connectivity index (χ1n) is 18.2. The minimum atomic E-state index is -0.754. The molecule has 2 aliphatic heterocycles. The smallest absolute Gasteiger partial charge is 0.306 e. The van der Waals surface area contributed by atoms with E-state index in [2.05, 4.69) is 39.4 Å². The Morgan fingerprint density at radius 1 is 0.942 bits per heavy atom. The van der Waals surface area contributed by atoms with Gasteiger partial charge in [-0.15, -0.1) is 11.3 Å². The molecule has 2 saturated heterocycles. The number of ether oxygens (including phenoxy) is 1. The number of hydrogen-bond donors (Lipinski definition) is 2. The summed E-state index contributed by atoms with van der Waals surface area (Å²) in [5.41, 5.74) is 2.07. The second kappa shape index (κ2) is 16.4. The van der Waals surface area contributed by atoms with Gasteiger partial charge in [0.1, 0.15) is 12.0 Å². The highest BCUT2D eigenvalue weighted by atomic mass is 35.5. The number of piperazine rings is 1. The highest BCUT2D eigenvalue weighted by molar-refractivity contribution is 7.17. The number of aliphatic carboxylic acids is 1. The van der Waals surface area contributed by atoms with Gasteiger partial charge < -0.3 is 20.1 Å². The van der Waals surface area contributed by atoms with Crippen molar-refractivity contribution in [2.75, 3.05) is 38.0 Å². The van der Waals surface area contributed by atoms with Crippen LogP contribution >= 0.6 is 22.9 Å². The summed E-state index contributed by atoms with van der Waals surface area (Å²) in [5.74, 6) is -2.30. The van der Waals surface area contributed by atoms with Crippen LogP contribution in [0.2, 0.25) is 5.02 Å². The average Bonchev–Trinajstić information content (AvgIpc) is 3.82. The first-order chi connectivity index (χ1) is 25.2. The van der Waals surface area contributed by atoms with E-state index in [9.17, 15) is 19.5 Å². The van der Waals surface area contributed by atoms with Crippen molar-refractivity contribution in [1.82, 2.24) is 14.7 Å². The Morgan fingerprint density at radius 2 is 1.67 bits per heavy atom. The second-order valence-corrected chi connectivity index (χ2v) is 15.5. The van der Waals surface area contributed by atoms with Gasteiger partial charge in [0.2, 0.25) is 5.91 Å². The Labute approximate surface area is 312 Å². The third kappa shape index (κ3) is 8.34. The zero-order valence-corrected chi connectivity index (χ0v) is 30.6. The molecule has 9 nitrogen and oxygen atoms in total. The van der Waals surface area contributed by atoms with Crippen LogP contribution in [0.4, 0.5) is 10.1 Å². The van der Waals surface area contributed by atoms with Gasteiger partial charge in [-0.1, -0.05) is 60.1 Å². The lowest BCUT2D eigenvalue weighted by molar-refractivity contribution is -0.164. The number of fused-ring (bicyclic) bond motifs is 1. The normalized spacial score (nSPS) is 22.0. The molecule has 0 spiro atoms. The Kier molecular flexibility index (Phi) is 11.5. The third-order valence-electron chi connectivity index (χ3n) is 10.8. The van der Waals surface area contributed by atoms with Crippen molar-refractivity contribution in [3.8, 4) is 0 Å². The van der Waals surface area contributed by atoms with E-state index < -0.39 is 11.8 Å². The molecule has 3 heterocycles. The number of carbonyl (C=O) groups is 3. The fourth-order valence-electron chi connectivity index (χ4n) is 7.91. The molecule has 2 N–H and O–H groups in total. The summed E-state index contributed by atoms with van der Waals surface area (Å²) in [4.78, 5) is 45.3. The number of carboxylic acids is 1. The Bertz CT molecular complexity index is 1890. The summed E-state index contributed by atoms with van der Waals surface area (Å²) in [7, 11) is 0. The van der Waals surface area contributed by atoms with Crippen LogP contribution in [0.1, 0.15) is 60.0 Å². The van der Waals surface area contributed by atoms with Gasteiger partial charge in [-0.2, -0.15) is 0 Å². The maximum atomic E-state index is 15.6. The van der Waals surface area contributed by atoms with Crippen molar-refractivity contribution in [2.45, 2.75) is 69.9 Å². The van der Waals surface area contributed by atoms with E-state index >= 15 is 4.39 Å². The van der Waals surface area contributed by atoms with Crippen LogP contribution in [0.3, 0.4) is 0 Å². The summed E-state index contributed by atoms with van der Waals surface area (Å²) in [5, 5.41) is 15.0. The van der Waals surface area contributed by atoms with E-state index in [1.54, 1.807) is 5.38 Å². The molecule has 1 saturated carbocycles. The maximum Gasteiger partial charge on any atom is 0.306 e. The summed E-state index contributed by atoms with van der Waals surface area (Å²) in [6, 6.07) is 20.4. The number of carbonyl (C=O) groups excluding carboxylic acids is 2. The zero-order valence-electron chi connectivity index (χ0n) is 29.0. The lowest BCUT2D eigenvalue weighted by Crippen LogP contribution is -2.58. The van der Waals surface area contributed by atoms with Gasteiger partial charge >= 0.3 is 5.97 Å². The molecule has 274 valence electrons. The maximum absolute atomic E-state index is 15.6. The van der Waals surface area contributed by atoms with Crippen LogP contribution in [0.25, 0.3) is 10.1 Å². The minimum Gasteiger partial charge on any atom is -0.481 e. The first-order valence-corrected chi connectivity index (χ1v) is 19.4. The number of benzene rings is 3. The largest absolute Gasteiger partial charge is 0.481 e. The van der Waals surface area contributed by atoms with Crippen molar-refractivity contribution in [1.29, 1.82) is 0 Å². The summed E-state index contributed by atoms with van der Waals surface area (Å²) in [6.45, 7) is 4.68. The summed E-state index contributed by atoms with van der Waals surface area (Å²) < 4.78 is 23.4. The van der Waals surface area contributed by atoms with Crippen LogP contribution < -0.4 is 5.32 Å². The highest BCUT2D eigenvalue weighted by Gasteiger charge is 2.41. The van der Waals surface area contributed by atoms with E-state index in [1.165, 1.54) is 29.0 Å².